The van der Waals surface area contributed by atoms with Crippen LogP contribution in [0.5, 0.6) is 0 Å². The Morgan fingerprint density at radius 2 is 1.95 bits per heavy atom. The van der Waals surface area contributed by atoms with Crippen LogP contribution in [0.2, 0.25) is 0 Å². The zero-order valence-electron chi connectivity index (χ0n) is 12.5. The minimum absolute atomic E-state index is 0.140. The molecule has 0 aromatic heterocycles. The minimum Gasteiger partial charge on any atom is -0.480 e. The van der Waals surface area contributed by atoms with E-state index in [1.54, 1.807) is 18.7 Å². The van der Waals surface area contributed by atoms with E-state index in [-0.39, 0.29) is 11.9 Å². The molecule has 1 aliphatic heterocycles. The average Bonchev–Trinajstić information content (AvgIpc) is 2.94. The van der Waals surface area contributed by atoms with Crippen molar-refractivity contribution in [3.63, 3.8) is 0 Å². The largest absolute Gasteiger partial charge is 0.480 e. The van der Waals surface area contributed by atoms with E-state index in [0.717, 1.165) is 6.42 Å². The molecular formula is C16H22N2O3. The molecule has 2 amide bonds. The number of carboxylic acids is 1. The Kier molecular flexibility index (Phi) is 4.83. The first-order valence-electron chi connectivity index (χ1n) is 7.32. The Bertz CT molecular complexity index is 502. The van der Waals surface area contributed by atoms with Gasteiger partial charge in [0.2, 0.25) is 0 Å². The number of hydrogen-bond donors (Lipinski definition) is 2. The van der Waals surface area contributed by atoms with Crippen molar-refractivity contribution in [2.24, 2.45) is 5.92 Å². The summed E-state index contributed by atoms with van der Waals surface area (Å²) in [5, 5.41) is 11.7. The number of carbonyl (C=O) groups is 2. The summed E-state index contributed by atoms with van der Waals surface area (Å²) in [5.74, 6) is -0.796. The first kappa shape index (κ1) is 15.4. The Morgan fingerprint density at radius 1 is 1.29 bits per heavy atom. The summed E-state index contributed by atoms with van der Waals surface area (Å²) in [7, 11) is 0. The molecule has 114 valence electrons. The quantitative estimate of drug-likeness (QED) is 0.894. The molecule has 2 N–H and O–H groups in total. The predicted octanol–water partition coefficient (Wildman–Crippen LogP) is 2.29. The molecule has 2 rings (SSSR count). The van der Waals surface area contributed by atoms with E-state index in [4.69, 9.17) is 5.11 Å². The van der Waals surface area contributed by atoms with Gasteiger partial charge in [0.15, 0.2) is 0 Å². The van der Waals surface area contributed by atoms with Gasteiger partial charge in [0.05, 0.1) is 0 Å². The Balaban J connectivity index is 1.95. The molecular weight excluding hydrogens is 268 g/mol. The number of rotatable bonds is 4. The lowest BCUT2D eigenvalue weighted by molar-refractivity contribution is -0.140. The number of benzene rings is 1. The van der Waals surface area contributed by atoms with Crippen LogP contribution in [0.25, 0.3) is 0 Å². The molecule has 1 aromatic carbocycles. The molecule has 5 heteroatoms. The maximum Gasteiger partial charge on any atom is 0.326 e. The SMILES string of the molecule is CC(C)C(NC(=O)N1CCC(c2ccccc2)C1)C(=O)O. The van der Waals surface area contributed by atoms with Crippen molar-refractivity contribution in [2.75, 3.05) is 13.1 Å². The number of likely N-dealkylation sites (tertiary alicyclic amines) is 1. The van der Waals surface area contributed by atoms with Crippen LogP contribution in [0.3, 0.4) is 0 Å². The lowest BCUT2D eigenvalue weighted by Gasteiger charge is -2.23. The maximum absolute atomic E-state index is 12.2. The van der Waals surface area contributed by atoms with Gasteiger partial charge in [0.25, 0.3) is 0 Å². The second-order valence-electron chi connectivity index (χ2n) is 5.85. The van der Waals surface area contributed by atoms with Gasteiger partial charge >= 0.3 is 12.0 Å². The van der Waals surface area contributed by atoms with Crippen LogP contribution in [-0.4, -0.2) is 41.1 Å². The first-order chi connectivity index (χ1) is 9.99. The highest BCUT2D eigenvalue weighted by Gasteiger charge is 2.30. The van der Waals surface area contributed by atoms with Crippen molar-refractivity contribution in [1.82, 2.24) is 10.2 Å². The molecule has 5 nitrogen and oxygen atoms in total. The van der Waals surface area contributed by atoms with Gasteiger partial charge in [-0.3, -0.25) is 0 Å². The van der Waals surface area contributed by atoms with Crippen molar-refractivity contribution >= 4 is 12.0 Å². The summed E-state index contributed by atoms with van der Waals surface area (Å²) in [6.45, 7) is 4.88. The van der Waals surface area contributed by atoms with Crippen LogP contribution in [-0.2, 0) is 4.79 Å². The second-order valence-corrected chi connectivity index (χ2v) is 5.85. The average molecular weight is 290 g/mol. The molecule has 2 atom stereocenters. The molecule has 0 aliphatic carbocycles. The molecule has 0 spiro atoms. The van der Waals surface area contributed by atoms with E-state index in [1.807, 2.05) is 18.2 Å². The molecule has 1 saturated heterocycles. The molecule has 21 heavy (non-hydrogen) atoms. The van der Waals surface area contributed by atoms with Gasteiger partial charge < -0.3 is 15.3 Å². The predicted molar refractivity (Wildman–Crippen MR) is 80.2 cm³/mol. The molecule has 0 bridgehead atoms. The van der Waals surface area contributed by atoms with Crippen LogP contribution in [0.1, 0.15) is 31.7 Å². The number of hydrogen-bond acceptors (Lipinski definition) is 2. The van der Waals surface area contributed by atoms with E-state index >= 15 is 0 Å². The van der Waals surface area contributed by atoms with Gasteiger partial charge in [-0.15, -0.1) is 0 Å². The summed E-state index contributed by atoms with van der Waals surface area (Å²) < 4.78 is 0. The van der Waals surface area contributed by atoms with E-state index < -0.39 is 12.0 Å². The summed E-state index contributed by atoms with van der Waals surface area (Å²) in [6, 6.07) is 8.99. The second kappa shape index (κ2) is 6.61. The van der Waals surface area contributed by atoms with Crippen LogP contribution in [0.4, 0.5) is 4.79 Å². The van der Waals surface area contributed by atoms with Gasteiger partial charge in [-0.2, -0.15) is 0 Å². The number of carboxylic acid groups (broad SMARTS) is 1. The van der Waals surface area contributed by atoms with Crippen LogP contribution >= 0.6 is 0 Å². The van der Waals surface area contributed by atoms with Gasteiger partial charge in [0, 0.05) is 19.0 Å². The molecule has 1 aromatic rings. The molecule has 1 aliphatic rings. The smallest absolute Gasteiger partial charge is 0.326 e. The Hall–Kier alpha value is -2.04. The fraction of sp³-hybridized carbons (Fsp3) is 0.500. The lowest BCUT2D eigenvalue weighted by atomic mass is 9.99. The number of nitrogens with one attached hydrogen (secondary N) is 1. The van der Waals surface area contributed by atoms with Crippen LogP contribution in [0, 0.1) is 5.92 Å². The highest BCUT2D eigenvalue weighted by atomic mass is 16.4. The highest BCUT2D eigenvalue weighted by molar-refractivity contribution is 5.83. The zero-order valence-corrected chi connectivity index (χ0v) is 12.5. The van der Waals surface area contributed by atoms with E-state index in [2.05, 4.69) is 17.4 Å². The van der Waals surface area contributed by atoms with Crippen molar-refractivity contribution in [3.05, 3.63) is 35.9 Å². The third-order valence-corrected chi connectivity index (χ3v) is 3.96. The van der Waals surface area contributed by atoms with Crippen LogP contribution < -0.4 is 5.32 Å². The molecule has 0 saturated carbocycles. The van der Waals surface area contributed by atoms with E-state index in [0.29, 0.717) is 19.0 Å². The maximum atomic E-state index is 12.2. The van der Waals surface area contributed by atoms with Crippen LogP contribution in [0.15, 0.2) is 30.3 Å². The van der Waals surface area contributed by atoms with Gasteiger partial charge in [-0.1, -0.05) is 44.2 Å². The van der Waals surface area contributed by atoms with E-state index in [9.17, 15) is 9.59 Å². The van der Waals surface area contributed by atoms with Crippen molar-refractivity contribution < 1.29 is 14.7 Å². The molecule has 1 heterocycles. The molecule has 1 fully saturated rings. The number of amides is 2. The first-order valence-corrected chi connectivity index (χ1v) is 7.32. The fourth-order valence-electron chi connectivity index (χ4n) is 2.68. The van der Waals surface area contributed by atoms with Crippen molar-refractivity contribution in [2.45, 2.75) is 32.2 Å². The van der Waals surface area contributed by atoms with Crippen molar-refractivity contribution in [3.8, 4) is 0 Å². The molecule has 2 unspecified atom stereocenters. The monoisotopic (exact) mass is 290 g/mol. The minimum atomic E-state index is -0.989. The third kappa shape index (κ3) is 3.74. The Morgan fingerprint density at radius 3 is 2.52 bits per heavy atom. The summed E-state index contributed by atoms with van der Waals surface area (Å²) in [4.78, 5) is 25.0. The van der Waals surface area contributed by atoms with Crippen molar-refractivity contribution in [1.29, 1.82) is 0 Å². The normalized spacial score (nSPS) is 19.6. The standard InChI is InChI=1S/C16H22N2O3/c1-11(2)14(15(19)20)17-16(21)18-9-8-13(10-18)12-6-4-3-5-7-12/h3-7,11,13-14H,8-10H2,1-2H3,(H,17,21)(H,19,20). The number of carbonyl (C=O) groups excluding carboxylic acids is 1. The number of aliphatic carboxylic acids is 1. The fourth-order valence-corrected chi connectivity index (χ4v) is 2.68. The number of nitrogens with zero attached hydrogens (tertiary/aromatic N) is 1. The lowest BCUT2D eigenvalue weighted by Crippen LogP contribution is -2.49. The summed E-state index contributed by atoms with van der Waals surface area (Å²) >= 11 is 0. The van der Waals surface area contributed by atoms with Gasteiger partial charge in [-0.25, -0.2) is 9.59 Å². The van der Waals surface area contributed by atoms with Gasteiger partial charge in [-0.05, 0) is 17.9 Å². The zero-order chi connectivity index (χ0) is 15.4. The topological polar surface area (TPSA) is 69.6 Å². The Labute approximate surface area is 125 Å². The number of urea groups is 1. The molecule has 0 radical (unpaired) electrons. The highest BCUT2D eigenvalue weighted by Crippen LogP contribution is 2.26. The summed E-state index contributed by atoms with van der Waals surface area (Å²) in [6.07, 6.45) is 0.914. The van der Waals surface area contributed by atoms with Gasteiger partial charge in [0.1, 0.15) is 6.04 Å². The third-order valence-electron chi connectivity index (χ3n) is 3.96. The summed E-state index contributed by atoms with van der Waals surface area (Å²) in [5.41, 5.74) is 1.23. The van der Waals surface area contributed by atoms with E-state index in [1.165, 1.54) is 5.56 Å².